The second-order valence-corrected chi connectivity index (χ2v) is 18.2. The van der Waals surface area contributed by atoms with Crippen LogP contribution in [-0.4, -0.2) is 140 Å². The summed E-state index contributed by atoms with van der Waals surface area (Å²) in [7, 11) is -10.4. The second-order valence-electron chi connectivity index (χ2n) is 14.0. The summed E-state index contributed by atoms with van der Waals surface area (Å²) in [6.07, 6.45) is -21.2. The van der Waals surface area contributed by atoms with E-state index in [0.29, 0.717) is 24.3 Å². The van der Waals surface area contributed by atoms with Gasteiger partial charge in [-0.3, -0.25) is 0 Å². The van der Waals surface area contributed by atoms with E-state index in [1.807, 2.05) is 0 Å². The Bertz CT molecular complexity index is 2100. The molecular weight excluding hydrogens is 1090 g/mol. The molecule has 0 saturated heterocycles. The molecule has 0 amide bonds. The fourth-order valence-corrected chi connectivity index (χ4v) is 7.55. The van der Waals surface area contributed by atoms with Crippen molar-refractivity contribution < 1.29 is 150 Å². The Morgan fingerprint density at radius 2 is 0.543 bits per heavy atom. The molecule has 2 aromatic rings. The predicted molar refractivity (Wildman–Crippen MR) is 180 cm³/mol. The molecule has 0 atom stereocenters. The van der Waals surface area contributed by atoms with E-state index in [1.54, 1.807) is 0 Å². The topological polar surface area (TPSA) is 105 Å². The molecule has 406 valence electrons. The monoisotopic (exact) mass is 1120 g/mol. The molecule has 0 bridgehead atoms. The van der Waals surface area contributed by atoms with Crippen LogP contribution in [0.1, 0.15) is 12.8 Å². The van der Waals surface area contributed by atoms with Gasteiger partial charge in [-0.2, -0.15) is 114 Å². The van der Waals surface area contributed by atoms with Crippen LogP contribution in [0.5, 0.6) is 11.5 Å². The molecule has 8 nitrogen and oxygen atoms in total. The smallest absolute Gasteiger partial charge is 0.460 e. The zero-order valence-electron chi connectivity index (χ0n) is 33.6. The van der Waals surface area contributed by atoms with Crippen LogP contribution in [0, 0.1) is 0 Å². The number of hydrogen-bond donors (Lipinski definition) is 0. The highest BCUT2D eigenvalue weighted by molar-refractivity contribution is 7.91. The Hall–Kier alpha value is -3.96. The highest BCUT2D eigenvalue weighted by Crippen LogP contribution is 2.62. The Morgan fingerprint density at radius 3 is 0.786 bits per heavy atom. The van der Waals surface area contributed by atoms with Gasteiger partial charge < -0.3 is 18.9 Å². The van der Waals surface area contributed by atoms with E-state index in [2.05, 4.69) is 0 Å². The third-order valence-corrected chi connectivity index (χ3v) is 12.6. The van der Waals surface area contributed by atoms with E-state index in [-0.39, 0.29) is 51.1 Å². The molecule has 0 aliphatic carbocycles. The van der Waals surface area contributed by atoms with Gasteiger partial charge in [0.2, 0.25) is 0 Å². The average Bonchev–Trinajstić information content (AvgIpc) is 3.22. The first kappa shape index (κ1) is 62.2. The van der Waals surface area contributed by atoms with Gasteiger partial charge in [-0.05, 0) is 48.5 Å². The second kappa shape index (κ2) is 20.5. The van der Waals surface area contributed by atoms with E-state index in [0.717, 1.165) is 24.3 Å². The molecular formula is C34H28F26O8S2. The molecule has 0 saturated carbocycles. The third kappa shape index (κ3) is 12.1. The lowest BCUT2D eigenvalue weighted by molar-refractivity contribution is -0.439. The predicted octanol–water partition coefficient (Wildman–Crippen LogP) is 11.0. The van der Waals surface area contributed by atoms with Gasteiger partial charge in [0.25, 0.3) is 0 Å². The van der Waals surface area contributed by atoms with Crippen molar-refractivity contribution in [1.82, 2.24) is 0 Å². The first-order valence-corrected chi connectivity index (χ1v) is 21.4. The molecule has 2 aromatic carbocycles. The summed E-state index contributed by atoms with van der Waals surface area (Å²) in [5.74, 6) is -81.9. The Kier molecular flexibility index (Phi) is 18.2. The largest absolute Gasteiger partial charge is 0.491 e. The number of sulfone groups is 2. The van der Waals surface area contributed by atoms with Crippen molar-refractivity contribution in [3.05, 3.63) is 48.5 Å². The van der Waals surface area contributed by atoms with E-state index in [4.69, 9.17) is 18.9 Å². The summed E-state index contributed by atoms with van der Waals surface area (Å²) in [6.45, 7) is -1.44. The number of ether oxygens (including phenoxy) is 4. The highest BCUT2D eigenvalue weighted by atomic mass is 32.2. The SMILES string of the molecule is O=S(=O)(CCC(F)(F)C(F)(F)C(F)(F)C(F)(F)C(F)(F)C(F)(F)F)c1ccc(OCCOCCOCCOc2ccc(S(=O)(=O)CCC(F)(F)C(F)(F)C(F)(F)C(F)(F)C(F)(F)C(F)(F)F)cc2)cc1. The molecule has 0 aliphatic rings. The molecule has 0 fully saturated rings. The summed E-state index contributed by atoms with van der Waals surface area (Å²) in [6, 6.07) is 5.60. The first-order chi connectivity index (χ1) is 31.1. The molecule has 0 radical (unpaired) electrons. The van der Waals surface area contributed by atoms with Crippen LogP contribution >= 0.6 is 0 Å². The van der Waals surface area contributed by atoms with Crippen molar-refractivity contribution in [2.75, 3.05) is 51.1 Å². The van der Waals surface area contributed by atoms with Gasteiger partial charge in [0, 0.05) is 12.8 Å². The summed E-state index contributed by atoms with van der Waals surface area (Å²) >= 11 is 0. The number of benzene rings is 2. The van der Waals surface area contributed by atoms with E-state index >= 15 is 0 Å². The standard InChI is InChI=1S/C34H28F26O8S2/c35-23(36,25(39,40)27(43,44)29(47,48)31(51,52)33(55,56)57)9-17-69(61,62)21-5-1-19(2-6-21)67-15-13-65-11-12-66-14-16-68-20-3-7-22(8-4-20)70(63,64)18-10-24(37,38)26(41,42)28(45,46)30(49,50)32(53,54)34(58,59)60/h1-8H,9-18H2. The molecule has 0 aliphatic heterocycles. The zero-order chi connectivity index (χ0) is 54.9. The third-order valence-electron chi connectivity index (χ3n) is 9.10. The van der Waals surface area contributed by atoms with Gasteiger partial charge in [0.1, 0.15) is 24.7 Å². The van der Waals surface area contributed by atoms with Crippen molar-refractivity contribution in [2.45, 2.75) is 94.2 Å². The summed E-state index contributed by atoms with van der Waals surface area (Å²) in [5, 5.41) is 0. The Morgan fingerprint density at radius 1 is 0.314 bits per heavy atom. The molecule has 36 heteroatoms. The number of hydrogen-bond acceptors (Lipinski definition) is 8. The Labute approximate surface area is 375 Å². The number of halogens is 26. The molecule has 0 aromatic heterocycles. The fourth-order valence-electron chi connectivity index (χ4n) is 4.92. The molecule has 0 heterocycles. The molecule has 0 spiro atoms. The van der Waals surface area contributed by atoms with Gasteiger partial charge in [-0.25, -0.2) is 16.8 Å². The van der Waals surface area contributed by atoms with Crippen LogP contribution in [0.25, 0.3) is 0 Å². The fraction of sp³-hybridized carbons (Fsp3) is 0.647. The summed E-state index contributed by atoms with van der Waals surface area (Å²) in [4.78, 5) is -2.00. The number of alkyl halides is 26. The highest BCUT2D eigenvalue weighted by Gasteiger charge is 2.92. The van der Waals surface area contributed by atoms with E-state index in [1.165, 1.54) is 0 Å². The maximum absolute atomic E-state index is 14.1. The van der Waals surface area contributed by atoms with E-state index < -0.39 is 125 Å². The van der Waals surface area contributed by atoms with Gasteiger partial charge >= 0.3 is 71.6 Å². The van der Waals surface area contributed by atoms with Crippen LogP contribution in [0.4, 0.5) is 114 Å². The molecule has 70 heavy (non-hydrogen) atoms. The van der Waals surface area contributed by atoms with Crippen LogP contribution in [-0.2, 0) is 29.1 Å². The molecule has 2 rings (SSSR count). The average molecular weight is 1120 g/mol. The van der Waals surface area contributed by atoms with Crippen LogP contribution < -0.4 is 9.47 Å². The van der Waals surface area contributed by atoms with E-state index in [9.17, 15) is 131 Å². The van der Waals surface area contributed by atoms with Crippen molar-refractivity contribution in [2.24, 2.45) is 0 Å². The number of rotatable bonds is 27. The minimum Gasteiger partial charge on any atom is -0.491 e. The minimum atomic E-state index is -8.16. The molecule has 0 unspecified atom stereocenters. The lowest BCUT2D eigenvalue weighted by Gasteiger charge is -2.39. The maximum atomic E-state index is 14.1. The lowest BCUT2D eigenvalue weighted by Crippen LogP contribution is -2.70. The van der Waals surface area contributed by atoms with Crippen LogP contribution in [0.15, 0.2) is 58.3 Å². The van der Waals surface area contributed by atoms with Crippen molar-refractivity contribution >= 4 is 19.7 Å². The lowest BCUT2D eigenvalue weighted by atomic mass is 9.93. The van der Waals surface area contributed by atoms with Gasteiger partial charge in [-0.15, -0.1) is 0 Å². The maximum Gasteiger partial charge on any atom is 0.460 e. The van der Waals surface area contributed by atoms with Crippen LogP contribution in [0.3, 0.4) is 0 Å². The summed E-state index contributed by atoms with van der Waals surface area (Å²) in [5.41, 5.74) is 0. The van der Waals surface area contributed by atoms with Gasteiger partial charge in [0.05, 0.1) is 47.7 Å². The van der Waals surface area contributed by atoms with Crippen molar-refractivity contribution in [1.29, 1.82) is 0 Å². The Balaban J connectivity index is 1.81. The zero-order valence-corrected chi connectivity index (χ0v) is 35.2. The first-order valence-electron chi connectivity index (χ1n) is 18.1. The summed E-state index contributed by atoms with van der Waals surface area (Å²) < 4.78 is 416. The van der Waals surface area contributed by atoms with Gasteiger partial charge in [0.15, 0.2) is 19.7 Å². The van der Waals surface area contributed by atoms with Crippen molar-refractivity contribution in [3.8, 4) is 11.5 Å². The van der Waals surface area contributed by atoms with Crippen molar-refractivity contribution in [3.63, 3.8) is 0 Å². The minimum absolute atomic E-state index is 0.170. The van der Waals surface area contributed by atoms with Gasteiger partial charge in [-0.1, -0.05) is 0 Å². The normalized spacial score (nSPS) is 15.1. The quantitative estimate of drug-likeness (QED) is 0.0644. The molecule has 0 N–H and O–H groups in total. The van der Waals surface area contributed by atoms with Crippen LogP contribution in [0.2, 0.25) is 0 Å².